The third kappa shape index (κ3) is 2.83. The Labute approximate surface area is 126 Å². The standard InChI is InChI=1S/C15H15NO6/c1-2-22-12(17)8-7-11(15(20)21)16-13(18)9-5-3-4-6-10(9)14(16)19/h3-6,11H,2,7-8H2,1H3,(H,20,21)/t11-/m1/s1. The van der Waals surface area contributed by atoms with Crippen molar-refractivity contribution in [2.24, 2.45) is 0 Å². The van der Waals surface area contributed by atoms with E-state index in [2.05, 4.69) is 0 Å². The first kappa shape index (κ1) is 15.7. The zero-order chi connectivity index (χ0) is 16.3. The number of aliphatic carboxylic acids is 1. The van der Waals surface area contributed by atoms with E-state index < -0.39 is 29.8 Å². The maximum absolute atomic E-state index is 12.2. The highest BCUT2D eigenvalue weighted by molar-refractivity contribution is 6.22. The van der Waals surface area contributed by atoms with E-state index in [1.165, 1.54) is 12.1 Å². The van der Waals surface area contributed by atoms with Crippen molar-refractivity contribution in [3.05, 3.63) is 35.4 Å². The van der Waals surface area contributed by atoms with Crippen molar-refractivity contribution >= 4 is 23.8 Å². The molecule has 116 valence electrons. The SMILES string of the molecule is CCOC(=O)CC[C@H](C(=O)O)N1C(=O)c2ccccc2C1=O. The zero-order valence-corrected chi connectivity index (χ0v) is 11.9. The first-order valence-corrected chi connectivity index (χ1v) is 6.82. The average Bonchev–Trinajstić information content (AvgIpc) is 2.73. The van der Waals surface area contributed by atoms with Crippen LogP contribution in [0.4, 0.5) is 0 Å². The number of esters is 1. The average molecular weight is 305 g/mol. The summed E-state index contributed by atoms with van der Waals surface area (Å²) >= 11 is 0. The van der Waals surface area contributed by atoms with E-state index in [9.17, 15) is 24.3 Å². The number of carboxylic acid groups (broad SMARTS) is 1. The van der Waals surface area contributed by atoms with Crippen LogP contribution < -0.4 is 0 Å². The van der Waals surface area contributed by atoms with E-state index in [4.69, 9.17) is 4.74 Å². The molecule has 1 aliphatic rings. The molecule has 1 heterocycles. The Kier molecular flexibility index (Phi) is 4.55. The second kappa shape index (κ2) is 6.38. The number of benzene rings is 1. The second-order valence-corrected chi connectivity index (χ2v) is 4.72. The molecule has 0 aliphatic carbocycles. The zero-order valence-electron chi connectivity index (χ0n) is 11.9. The quantitative estimate of drug-likeness (QED) is 0.623. The van der Waals surface area contributed by atoms with E-state index in [1.807, 2.05) is 0 Å². The third-order valence-electron chi connectivity index (χ3n) is 3.35. The maximum atomic E-state index is 12.2. The molecule has 1 N–H and O–H groups in total. The number of carboxylic acids is 1. The molecule has 0 unspecified atom stereocenters. The second-order valence-electron chi connectivity index (χ2n) is 4.72. The predicted molar refractivity (Wildman–Crippen MR) is 74.2 cm³/mol. The lowest BCUT2D eigenvalue weighted by atomic mass is 10.1. The van der Waals surface area contributed by atoms with Crippen LogP contribution >= 0.6 is 0 Å². The van der Waals surface area contributed by atoms with Crippen LogP contribution in [0.1, 0.15) is 40.5 Å². The minimum Gasteiger partial charge on any atom is -0.480 e. The summed E-state index contributed by atoms with van der Waals surface area (Å²) in [5.41, 5.74) is 0.352. The summed E-state index contributed by atoms with van der Waals surface area (Å²) in [5, 5.41) is 9.29. The number of nitrogens with zero attached hydrogens (tertiary/aromatic N) is 1. The molecule has 0 aromatic heterocycles. The van der Waals surface area contributed by atoms with E-state index in [0.29, 0.717) is 4.90 Å². The predicted octanol–water partition coefficient (Wildman–Crippen LogP) is 1.08. The maximum Gasteiger partial charge on any atom is 0.326 e. The fourth-order valence-electron chi connectivity index (χ4n) is 2.34. The van der Waals surface area contributed by atoms with E-state index >= 15 is 0 Å². The van der Waals surface area contributed by atoms with Gasteiger partial charge in [0.1, 0.15) is 6.04 Å². The van der Waals surface area contributed by atoms with Gasteiger partial charge < -0.3 is 9.84 Å². The number of hydrogen-bond donors (Lipinski definition) is 1. The van der Waals surface area contributed by atoms with Gasteiger partial charge in [0.2, 0.25) is 0 Å². The van der Waals surface area contributed by atoms with Crippen LogP contribution in [0.2, 0.25) is 0 Å². The molecule has 7 heteroatoms. The molecule has 1 aromatic carbocycles. The summed E-state index contributed by atoms with van der Waals surface area (Å²) in [6, 6.07) is 4.75. The first-order chi connectivity index (χ1) is 10.5. The smallest absolute Gasteiger partial charge is 0.326 e. The van der Waals surface area contributed by atoms with Crippen molar-refractivity contribution in [3.8, 4) is 0 Å². The molecule has 1 aliphatic heterocycles. The van der Waals surface area contributed by atoms with Gasteiger partial charge in [0, 0.05) is 6.42 Å². The van der Waals surface area contributed by atoms with Crippen molar-refractivity contribution in [2.45, 2.75) is 25.8 Å². The Bertz CT molecular complexity index is 604. The summed E-state index contributed by atoms with van der Waals surface area (Å²) in [5.74, 6) is -3.21. The molecule has 22 heavy (non-hydrogen) atoms. The van der Waals surface area contributed by atoms with Crippen molar-refractivity contribution in [3.63, 3.8) is 0 Å². The molecule has 0 radical (unpaired) electrons. The lowest BCUT2D eigenvalue weighted by Gasteiger charge is -2.22. The van der Waals surface area contributed by atoms with E-state index in [0.717, 1.165) is 0 Å². The number of amides is 2. The van der Waals surface area contributed by atoms with E-state index in [1.54, 1.807) is 19.1 Å². The number of rotatable bonds is 6. The fraction of sp³-hybridized carbons (Fsp3) is 0.333. The first-order valence-electron chi connectivity index (χ1n) is 6.82. The van der Waals surface area contributed by atoms with Gasteiger partial charge in [0.25, 0.3) is 11.8 Å². The highest BCUT2D eigenvalue weighted by atomic mass is 16.5. The van der Waals surface area contributed by atoms with Gasteiger partial charge in [-0.25, -0.2) is 4.79 Å². The molecular weight excluding hydrogens is 290 g/mol. The lowest BCUT2D eigenvalue weighted by molar-refractivity contribution is -0.145. The van der Waals surface area contributed by atoms with Gasteiger partial charge in [-0.15, -0.1) is 0 Å². The van der Waals surface area contributed by atoms with Crippen LogP contribution in [0.15, 0.2) is 24.3 Å². The number of carbonyl (C=O) groups excluding carboxylic acids is 3. The van der Waals surface area contributed by atoms with Crippen molar-refractivity contribution in [1.29, 1.82) is 0 Å². The topological polar surface area (TPSA) is 101 Å². The Morgan fingerprint density at radius 2 is 1.73 bits per heavy atom. The molecule has 1 atom stereocenters. The summed E-state index contributed by atoms with van der Waals surface area (Å²) in [6.07, 6.45) is -0.363. The Morgan fingerprint density at radius 3 is 2.18 bits per heavy atom. The number of carbonyl (C=O) groups is 4. The van der Waals surface area contributed by atoms with Gasteiger partial charge in [-0.05, 0) is 25.5 Å². The monoisotopic (exact) mass is 305 g/mol. The molecular formula is C15H15NO6. The van der Waals surface area contributed by atoms with Gasteiger partial charge >= 0.3 is 11.9 Å². The normalized spacial score (nSPS) is 14.7. The summed E-state index contributed by atoms with van der Waals surface area (Å²) < 4.78 is 4.73. The Balaban J connectivity index is 2.20. The number of ether oxygens (including phenoxy) is 1. The fourth-order valence-corrected chi connectivity index (χ4v) is 2.34. The van der Waals surface area contributed by atoms with Gasteiger partial charge in [0.05, 0.1) is 17.7 Å². The number of hydrogen-bond acceptors (Lipinski definition) is 5. The van der Waals surface area contributed by atoms with Crippen molar-refractivity contribution < 1.29 is 29.0 Å². The molecule has 0 saturated heterocycles. The number of fused-ring (bicyclic) bond motifs is 1. The molecule has 0 fully saturated rings. The van der Waals surface area contributed by atoms with Crippen molar-refractivity contribution in [2.75, 3.05) is 6.61 Å². The summed E-state index contributed by atoms with van der Waals surface area (Å²) in [4.78, 5) is 48.0. The highest BCUT2D eigenvalue weighted by Gasteiger charge is 2.42. The molecule has 2 rings (SSSR count). The van der Waals surface area contributed by atoms with Crippen LogP contribution in [0, 0.1) is 0 Å². The minimum absolute atomic E-state index is 0.176. The van der Waals surface area contributed by atoms with E-state index in [-0.39, 0.29) is 30.6 Å². The Hall–Kier alpha value is -2.70. The minimum atomic E-state index is -1.39. The molecule has 0 saturated carbocycles. The summed E-state index contributed by atoms with van der Waals surface area (Å²) in [7, 11) is 0. The van der Waals surface area contributed by atoms with Crippen molar-refractivity contribution in [1.82, 2.24) is 4.90 Å². The Morgan fingerprint density at radius 1 is 1.18 bits per heavy atom. The van der Waals surface area contributed by atoms with Crippen LogP contribution in [0.25, 0.3) is 0 Å². The van der Waals surface area contributed by atoms with Gasteiger partial charge in [-0.3, -0.25) is 19.3 Å². The van der Waals surface area contributed by atoms with Crippen LogP contribution in [-0.2, 0) is 14.3 Å². The molecule has 1 aromatic rings. The molecule has 7 nitrogen and oxygen atoms in total. The van der Waals surface area contributed by atoms with Crippen LogP contribution in [0.3, 0.4) is 0 Å². The van der Waals surface area contributed by atoms with Crippen LogP contribution in [-0.4, -0.2) is 46.4 Å². The summed E-state index contributed by atoms with van der Waals surface area (Å²) in [6.45, 7) is 1.82. The lowest BCUT2D eigenvalue weighted by Crippen LogP contribution is -2.45. The van der Waals surface area contributed by atoms with Gasteiger partial charge in [-0.2, -0.15) is 0 Å². The van der Waals surface area contributed by atoms with Gasteiger partial charge in [-0.1, -0.05) is 12.1 Å². The highest BCUT2D eigenvalue weighted by Crippen LogP contribution is 2.26. The molecule has 0 bridgehead atoms. The van der Waals surface area contributed by atoms with Gasteiger partial charge in [0.15, 0.2) is 0 Å². The number of imide groups is 1. The molecule has 2 amide bonds. The molecule has 0 spiro atoms. The largest absolute Gasteiger partial charge is 0.480 e. The third-order valence-corrected chi connectivity index (χ3v) is 3.35. The van der Waals surface area contributed by atoms with Crippen LogP contribution in [0.5, 0.6) is 0 Å².